The Balaban J connectivity index is 1.78. The average molecular weight is 349 g/mol. The number of carbonyl (C=O) groups is 4. The largest absolute Gasteiger partial charge is 0.287 e. The van der Waals surface area contributed by atoms with Gasteiger partial charge in [-0.15, -0.1) is 0 Å². The van der Waals surface area contributed by atoms with E-state index >= 15 is 0 Å². The number of amides is 2. The first-order chi connectivity index (χ1) is 11.0. The third-order valence-corrected chi connectivity index (χ3v) is 7.07. The Hall–Kier alpha value is -1.34. The molecule has 1 aliphatic carbocycles. The second-order valence-electron chi connectivity index (χ2n) is 6.23. The molecule has 3 fully saturated rings. The van der Waals surface area contributed by atoms with Crippen molar-refractivity contribution in [3.8, 4) is 0 Å². The van der Waals surface area contributed by atoms with E-state index in [0.29, 0.717) is 29.9 Å². The van der Waals surface area contributed by atoms with Crippen molar-refractivity contribution < 1.29 is 19.2 Å². The van der Waals surface area contributed by atoms with Crippen molar-refractivity contribution in [3.63, 3.8) is 0 Å². The lowest BCUT2D eigenvalue weighted by Crippen LogP contribution is -2.59. The van der Waals surface area contributed by atoms with Crippen LogP contribution < -0.4 is 0 Å². The van der Waals surface area contributed by atoms with Gasteiger partial charge in [0.2, 0.25) is 11.0 Å². The highest BCUT2D eigenvalue weighted by molar-refractivity contribution is 8.14. The normalized spacial score (nSPS) is 36.9. The zero-order valence-electron chi connectivity index (χ0n) is 12.3. The van der Waals surface area contributed by atoms with Crippen LogP contribution >= 0.6 is 23.5 Å². The standard InChI is InChI=1S/C16H15NO4S2/c18-12-9-2-1-5-16(8-9,10-3-6-22-13(10)19)15(21)17(12)11-4-7-23-14(11)20/h1-2,5,10-11H,3-4,6-8H2. The number of imide groups is 1. The minimum Gasteiger partial charge on any atom is -0.287 e. The predicted octanol–water partition coefficient (Wildman–Crippen LogP) is 1.54. The van der Waals surface area contributed by atoms with Crippen LogP contribution in [0.25, 0.3) is 0 Å². The molecule has 0 N–H and O–H groups in total. The fraction of sp³-hybridized carbons (Fsp3) is 0.500. The summed E-state index contributed by atoms with van der Waals surface area (Å²) >= 11 is 2.43. The number of hydrogen-bond donors (Lipinski definition) is 0. The number of carbonyl (C=O) groups excluding carboxylic acids is 4. The molecule has 0 spiro atoms. The fourth-order valence-corrected chi connectivity index (χ4v) is 5.93. The molecule has 5 nitrogen and oxygen atoms in total. The zero-order chi connectivity index (χ0) is 16.2. The quantitative estimate of drug-likeness (QED) is 0.704. The van der Waals surface area contributed by atoms with E-state index in [1.807, 2.05) is 0 Å². The summed E-state index contributed by atoms with van der Waals surface area (Å²) in [6, 6.07) is -0.682. The van der Waals surface area contributed by atoms with Crippen LogP contribution in [0.1, 0.15) is 19.3 Å². The number of piperidine rings is 1. The van der Waals surface area contributed by atoms with Crippen molar-refractivity contribution in [3.05, 3.63) is 23.8 Å². The van der Waals surface area contributed by atoms with Crippen LogP contribution in [0.5, 0.6) is 0 Å². The Morgan fingerprint density at radius 2 is 1.78 bits per heavy atom. The van der Waals surface area contributed by atoms with E-state index in [0.717, 1.165) is 4.90 Å². The van der Waals surface area contributed by atoms with E-state index in [2.05, 4.69) is 0 Å². The molecule has 3 atom stereocenters. The molecular weight excluding hydrogens is 334 g/mol. The minimum atomic E-state index is -0.980. The molecule has 3 heterocycles. The number of likely N-dealkylation sites (tertiary alicyclic amines) is 1. The summed E-state index contributed by atoms with van der Waals surface area (Å²) in [5, 5.41) is -0.107. The van der Waals surface area contributed by atoms with Crippen LogP contribution in [0.15, 0.2) is 23.8 Å². The van der Waals surface area contributed by atoms with Gasteiger partial charge in [-0.2, -0.15) is 0 Å². The van der Waals surface area contributed by atoms with Gasteiger partial charge in [0.25, 0.3) is 5.91 Å². The van der Waals surface area contributed by atoms with Gasteiger partial charge in [0, 0.05) is 23.0 Å². The molecular formula is C16H15NO4S2. The maximum Gasteiger partial charge on any atom is 0.257 e. The number of rotatable bonds is 2. The van der Waals surface area contributed by atoms with E-state index in [4.69, 9.17) is 0 Å². The number of hydrogen-bond acceptors (Lipinski definition) is 6. The Kier molecular flexibility index (Phi) is 3.53. The summed E-state index contributed by atoms with van der Waals surface area (Å²) in [6.07, 6.45) is 6.62. The van der Waals surface area contributed by atoms with Crippen LogP contribution in [0, 0.1) is 11.3 Å². The van der Waals surface area contributed by atoms with Crippen molar-refractivity contribution in [1.82, 2.24) is 4.90 Å². The van der Waals surface area contributed by atoms with Crippen LogP contribution in [0.3, 0.4) is 0 Å². The maximum atomic E-state index is 13.2. The molecule has 0 aromatic carbocycles. The second kappa shape index (κ2) is 5.34. The van der Waals surface area contributed by atoms with Crippen molar-refractivity contribution in [2.75, 3.05) is 11.5 Å². The van der Waals surface area contributed by atoms with E-state index in [1.165, 1.54) is 23.5 Å². The highest BCUT2D eigenvalue weighted by Gasteiger charge is 2.58. The second-order valence-corrected chi connectivity index (χ2v) is 8.43. The summed E-state index contributed by atoms with van der Waals surface area (Å²) < 4.78 is 0. The van der Waals surface area contributed by atoms with Gasteiger partial charge in [-0.05, 0) is 19.3 Å². The van der Waals surface area contributed by atoms with E-state index in [1.54, 1.807) is 18.2 Å². The van der Waals surface area contributed by atoms with E-state index < -0.39 is 17.4 Å². The van der Waals surface area contributed by atoms with Crippen LogP contribution in [-0.2, 0) is 19.2 Å². The highest BCUT2D eigenvalue weighted by Crippen LogP contribution is 2.51. The fourth-order valence-electron chi connectivity index (χ4n) is 3.89. The molecule has 0 radical (unpaired) electrons. The lowest BCUT2D eigenvalue weighted by atomic mass is 9.65. The van der Waals surface area contributed by atoms with Gasteiger partial charge in [-0.3, -0.25) is 24.1 Å². The molecule has 7 heteroatoms. The van der Waals surface area contributed by atoms with Crippen molar-refractivity contribution in [2.45, 2.75) is 25.3 Å². The van der Waals surface area contributed by atoms with E-state index in [9.17, 15) is 19.2 Å². The first-order valence-electron chi connectivity index (χ1n) is 7.64. The Labute approximate surface area is 141 Å². The highest BCUT2D eigenvalue weighted by atomic mass is 32.2. The number of nitrogens with zero attached hydrogens (tertiary/aromatic N) is 1. The lowest BCUT2D eigenvalue weighted by molar-refractivity contribution is -0.159. The van der Waals surface area contributed by atoms with Gasteiger partial charge in [0.1, 0.15) is 6.04 Å². The summed E-state index contributed by atoms with van der Waals surface area (Å²) in [5.41, 5.74) is -0.451. The first-order valence-corrected chi connectivity index (χ1v) is 9.61. The van der Waals surface area contributed by atoms with Crippen molar-refractivity contribution >= 4 is 45.6 Å². The molecule has 23 heavy (non-hydrogen) atoms. The van der Waals surface area contributed by atoms with Gasteiger partial charge in [0.15, 0.2) is 5.12 Å². The molecule has 2 amide bonds. The first kappa shape index (κ1) is 15.2. The Morgan fingerprint density at radius 1 is 1.04 bits per heavy atom. The van der Waals surface area contributed by atoms with Crippen LogP contribution in [0.2, 0.25) is 0 Å². The van der Waals surface area contributed by atoms with Gasteiger partial charge in [0.05, 0.1) is 5.41 Å². The minimum absolute atomic E-state index is 0.0191. The van der Waals surface area contributed by atoms with Crippen molar-refractivity contribution in [1.29, 1.82) is 0 Å². The zero-order valence-corrected chi connectivity index (χ0v) is 14.0. The van der Waals surface area contributed by atoms with Gasteiger partial charge in [-0.25, -0.2) is 0 Å². The third-order valence-electron chi connectivity index (χ3n) is 5.06. The Morgan fingerprint density at radius 3 is 2.43 bits per heavy atom. The van der Waals surface area contributed by atoms with Gasteiger partial charge < -0.3 is 0 Å². The van der Waals surface area contributed by atoms with Gasteiger partial charge in [-0.1, -0.05) is 41.8 Å². The smallest absolute Gasteiger partial charge is 0.257 e. The number of thioether (sulfide) groups is 2. The van der Waals surface area contributed by atoms with Gasteiger partial charge >= 0.3 is 0 Å². The molecule has 3 saturated heterocycles. The third kappa shape index (κ3) is 2.09. The monoisotopic (exact) mass is 349 g/mol. The number of allylic oxidation sites excluding steroid dienone is 2. The molecule has 2 bridgehead atoms. The summed E-state index contributed by atoms with van der Waals surface area (Å²) in [6.45, 7) is 0. The number of fused-ring (bicyclic) bond motifs is 2. The van der Waals surface area contributed by atoms with Crippen LogP contribution in [-0.4, -0.2) is 44.5 Å². The molecule has 4 rings (SSSR count). The molecule has 120 valence electrons. The molecule has 0 aromatic rings. The maximum absolute atomic E-state index is 13.2. The lowest BCUT2D eigenvalue weighted by Gasteiger charge is -2.45. The summed E-state index contributed by atoms with van der Waals surface area (Å²) in [7, 11) is 0. The SMILES string of the molecule is O=C1SCCC1N1C(=O)C2=CC=CC(C3CCSC3=O)(C2)C1=O. The summed E-state index contributed by atoms with van der Waals surface area (Å²) in [5.74, 6) is 0.198. The average Bonchev–Trinajstić information content (AvgIpc) is 3.15. The Bertz CT molecular complexity index is 698. The topological polar surface area (TPSA) is 71.5 Å². The molecule has 4 aliphatic rings. The molecule has 0 saturated carbocycles. The van der Waals surface area contributed by atoms with E-state index in [-0.39, 0.29) is 28.5 Å². The summed E-state index contributed by atoms with van der Waals surface area (Å²) in [4.78, 5) is 51.4. The van der Waals surface area contributed by atoms with Crippen LogP contribution in [0.4, 0.5) is 0 Å². The predicted molar refractivity (Wildman–Crippen MR) is 87.6 cm³/mol. The molecule has 3 aliphatic heterocycles. The van der Waals surface area contributed by atoms with Crippen molar-refractivity contribution in [2.24, 2.45) is 11.3 Å². The molecule has 0 aromatic heterocycles. The molecule has 3 unspecified atom stereocenters.